The predicted octanol–water partition coefficient (Wildman–Crippen LogP) is 0.979. The first kappa shape index (κ1) is 17.6. The summed E-state index contributed by atoms with van der Waals surface area (Å²) in [5.74, 6) is -0.969. The molecule has 1 amide bonds. The Hall–Kier alpha value is -1.47. The summed E-state index contributed by atoms with van der Waals surface area (Å²) in [5.41, 5.74) is 0.262. The molecule has 1 aromatic carbocycles. The highest BCUT2D eigenvalue weighted by molar-refractivity contribution is 7.91. The van der Waals surface area contributed by atoms with Gasteiger partial charge in [-0.15, -0.1) is 0 Å². The molecule has 0 saturated carbocycles. The van der Waals surface area contributed by atoms with E-state index in [2.05, 4.69) is 5.32 Å². The van der Waals surface area contributed by atoms with E-state index in [1.165, 1.54) is 6.07 Å². The summed E-state index contributed by atoms with van der Waals surface area (Å²) in [6.45, 7) is 1.58. The maximum absolute atomic E-state index is 13.8. The second-order valence-corrected chi connectivity index (χ2v) is 7.39. The van der Waals surface area contributed by atoms with Gasteiger partial charge in [0, 0.05) is 17.9 Å². The number of amides is 1. The lowest BCUT2D eigenvalue weighted by atomic mass is 10.0. The highest BCUT2D eigenvalue weighted by Gasteiger charge is 2.25. The minimum atomic E-state index is -3.14. The molecule has 0 saturated heterocycles. The number of carbonyl (C=O) groups excluding carboxylic acids is 1. The Bertz CT molecular complexity index is 588. The number of benzene rings is 1. The maximum Gasteiger partial charge on any atom is 0.242 e. The zero-order valence-corrected chi connectivity index (χ0v) is 13.3. The molecule has 0 fully saturated rings. The first-order chi connectivity index (χ1) is 9.78. The third-order valence-corrected chi connectivity index (χ3v) is 4.82. The lowest BCUT2D eigenvalue weighted by Crippen LogP contribution is -2.39. The molecule has 0 bridgehead atoms. The van der Waals surface area contributed by atoms with Crippen LogP contribution in [-0.2, 0) is 14.6 Å². The summed E-state index contributed by atoms with van der Waals surface area (Å²) in [6, 6.07) is 5.25. The van der Waals surface area contributed by atoms with Crippen LogP contribution >= 0.6 is 0 Å². The molecule has 118 valence electrons. The van der Waals surface area contributed by atoms with E-state index in [-0.39, 0.29) is 23.6 Å². The van der Waals surface area contributed by atoms with Crippen molar-refractivity contribution >= 4 is 15.7 Å². The molecule has 5 nitrogen and oxygen atoms in total. The van der Waals surface area contributed by atoms with E-state index in [0.717, 1.165) is 0 Å². The molecule has 1 atom stereocenters. The topological polar surface area (TPSA) is 66.5 Å². The molecular formula is C14H21FN2O3S. The molecule has 0 heterocycles. The fourth-order valence-corrected chi connectivity index (χ4v) is 2.62. The Balaban J connectivity index is 2.79. The molecule has 0 radical (unpaired) electrons. The molecule has 1 aromatic rings. The van der Waals surface area contributed by atoms with Gasteiger partial charge in [-0.25, -0.2) is 12.8 Å². The summed E-state index contributed by atoms with van der Waals surface area (Å²) in [5, 5.41) is 2.55. The van der Waals surface area contributed by atoms with Crippen LogP contribution in [0.25, 0.3) is 0 Å². The number of hydrogen-bond acceptors (Lipinski definition) is 4. The molecule has 1 N–H and O–H groups in total. The van der Waals surface area contributed by atoms with Crippen LogP contribution in [0.2, 0.25) is 0 Å². The average molecular weight is 316 g/mol. The Kier molecular flexibility index (Phi) is 6.29. The third kappa shape index (κ3) is 5.09. The van der Waals surface area contributed by atoms with Gasteiger partial charge in [0.05, 0.1) is 5.75 Å². The molecule has 0 aliphatic heterocycles. The summed E-state index contributed by atoms with van der Waals surface area (Å²) in [4.78, 5) is 13.8. The van der Waals surface area contributed by atoms with Crippen molar-refractivity contribution < 1.29 is 17.6 Å². The van der Waals surface area contributed by atoms with Crippen molar-refractivity contribution in [2.24, 2.45) is 0 Å². The van der Waals surface area contributed by atoms with Crippen LogP contribution in [0, 0.1) is 5.82 Å². The zero-order valence-electron chi connectivity index (χ0n) is 12.5. The van der Waals surface area contributed by atoms with Crippen molar-refractivity contribution in [1.82, 2.24) is 10.2 Å². The van der Waals surface area contributed by atoms with Gasteiger partial charge in [-0.3, -0.25) is 9.69 Å². The largest absolute Gasteiger partial charge is 0.353 e. The van der Waals surface area contributed by atoms with Gasteiger partial charge >= 0.3 is 0 Å². The van der Waals surface area contributed by atoms with Gasteiger partial charge < -0.3 is 5.32 Å². The Morgan fingerprint density at radius 3 is 2.48 bits per heavy atom. The molecule has 21 heavy (non-hydrogen) atoms. The van der Waals surface area contributed by atoms with E-state index in [0.29, 0.717) is 0 Å². The van der Waals surface area contributed by atoms with Crippen molar-refractivity contribution in [1.29, 1.82) is 0 Å². The molecule has 7 heteroatoms. The standard InChI is InChI=1S/C14H21FN2O3S/c1-4-21(19,20)10-9-16-14(18)13(17(2)3)11-7-5-6-8-12(11)15/h5-8,13H,4,9-10H2,1-3H3,(H,16,18)/t13-/m0/s1. The minimum absolute atomic E-state index is 0.0216. The van der Waals surface area contributed by atoms with E-state index in [4.69, 9.17) is 0 Å². The molecule has 0 spiro atoms. The highest BCUT2D eigenvalue weighted by atomic mass is 32.2. The van der Waals surface area contributed by atoms with Crippen LogP contribution in [0.5, 0.6) is 0 Å². The number of nitrogens with one attached hydrogen (secondary N) is 1. The number of hydrogen-bond donors (Lipinski definition) is 1. The Labute approximate surface area is 125 Å². The zero-order chi connectivity index (χ0) is 16.0. The number of nitrogens with zero attached hydrogens (tertiary/aromatic N) is 1. The first-order valence-electron chi connectivity index (χ1n) is 6.67. The van der Waals surface area contributed by atoms with Gasteiger partial charge in [-0.2, -0.15) is 0 Å². The minimum Gasteiger partial charge on any atom is -0.353 e. The maximum atomic E-state index is 13.8. The average Bonchev–Trinajstić information content (AvgIpc) is 2.40. The van der Waals surface area contributed by atoms with Gasteiger partial charge in [0.15, 0.2) is 9.84 Å². The number of rotatable bonds is 7. The van der Waals surface area contributed by atoms with Crippen molar-refractivity contribution in [3.05, 3.63) is 35.6 Å². The van der Waals surface area contributed by atoms with Crippen molar-refractivity contribution in [2.45, 2.75) is 13.0 Å². The van der Waals surface area contributed by atoms with Gasteiger partial charge in [-0.05, 0) is 20.2 Å². The van der Waals surface area contributed by atoms with E-state index in [9.17, 15) is 17.6 Å². The number of carbonyl (C=O) groups is 1. The van der Waals surface area contributed by atoms with Gasteiger partial charge in [0.25, 0.3) is 0 Å². The van der Waals surface area contributed by atoms with E-state index in [1.807, 2.05) is 0 Å². The monoisotopic (exact) mass is 316 g/mol. The van der Waals surface area contributed by atoms with Crippen molar-refractivity contribution in [3.63, 3.8) is 0 Å². The lowest BCUT2D eigenvalue weighted by Gasteiger charge is -2.24. The van der Waals surface area contributed by atoms with Crippen LogP contribution in [-0.4, -0.2) is 51.4 Å². The van der Waals surface area contributed by atoms with Crippen LogP contribution in [0.15, 0.2) is 24.3 Å². The SMILES string of the molecule is CCS(=O)(=O)CCNC(=O)[C@H](c1ccccc1F)N(C)C. The smallest absolute Gasteiger partial charge is 0.242 e. The molecule has 0 aliphatic rings. The van der Waals surface area contributed by atoms with Gasteiger partial charge in [0.2, 0.25) is 5.91 Å². The van der Waals surface area contributed by atoms with Gasteiger partial charge in [-0.1, -0.05) is 25.1 Å². The second-order valence-electron chi connectivity index (χ2n) is 4.92. The van der Waals surface area contributed by atoms with Crippen LogP contribution in [0.4, 0.5) is 4.39 Å². The molecule has 0 unspecified atom stereocenters. The number of likely N-dealkylation sites (N-methyl/N-ethyl adjacent to an activating group) is 1. The Morgan fingerprint density at radius 2 is 1.95 bits per heavy atom. The van der Waals surface area contributed by atoms with E-state index >= 15 is 0 Å². The van der Waals surface area contributed by atoms with Crippen molar-refractivity contribution in [3.8, 4) is 0 Å². The lowest BCUT2D eigenvalue weighted by molar-refractivity contribution is -0.125. The quantitative estimate of drug-likeness (QED) is 0.814. The fraction of sp³-hybridized carbons (Fsp3) is 0.500. The normalized spacial score (nSPS) is 13.2. The highest BCUT2D eigenvalue weighted by Crippen LogP contribution is 2.21. The molecular weight excluding hydrogens is 295 g/mol. The molecule has 1 rings (SSSR count). The third-order valence-electron chi connectivity index (χ3n) is 3.12. The van der Waals surface area contributed by atoms with Crippen molar-refractivity contribution in [2.75, 3.05) is 32.1 Å². The van der Waals surface area contributed by atoms with E-state index in [1.54, 1.807) is 44.1 Å². The summed E-state index contributed by atoms with van der Waals surface area (Å²) in [7, 11) is 0.196. The second kappa shape index (κ2) is 7.51. The first-order valence-corrected chi connectivity index (χ1v) is 8.49. The molecule has 0 aromatic heterocycles. The van der Waals surface area contributed by atoms with Crippen LogP contribution < -0.4 is 5.32 Å². The predicted molar refractivity (Wildman–Crippen MR) is 80.2 cm³/mol. The number of sulfone groups is 1. The Morgan fingerprint density at radius 1 is 1.33 bits per heavy atom. The van der Waals surface area contributed by atoms with Gasteiger partial charge in [0.1, 0.15) is 11.9 Å². The summed E-state index contributed by atoms with van der Waals surface area (Å²) in [6.07, 6.45) is 0. The summed E-state index contributed by atoms with van der Waals surface area (Å²) >= 11 is 0. The number of halogens is 1. The fourth-order valence-electron chi connectivity index (χ4n) is 1.92. The van der Waals surface area contributed by atoms with E-state index < -0.39 is 27.6 Å². The molecule has 0 aliphatic carbocycles. The van der Waals surface area contributed by atoms with Crippen LogP contribution in [0.3, 0.4) is 0 Å². The van der Waals surface area contributed by atoms with Crippen LogP contribution in [0.1, 0.15) is 18.5 Å². The summed E-state index contributed by atoms with van der Waals surface area (Å²) < 4.78 is 36.6.